The van der Waals surface area contributed by atoms with E-state index in [1.807, 2.05) is 18.2 Å². The highest BCUT2D eigenvalue weighted by Crippen LogP contribution is 2.27. The van der Waals surface area contributed by atoms with E-state index in [4.69, 9.17) is 4.74 Å². The number of methoxy groups -OCH3 is 1. The monoisotopic (exact) mass is 316 g/mol. The average Bonchev–Trinajstić information content (AvgIpc) is 3.15. The quantitative estimate of drug-likeness (QED) is 0.907. The summed E-state index contributed by atoms with van der Waals surface area (Å²) in [6.45, 7) is 3.18. The maximum Gasteiger partial charge on any atom is 0.251 e. The third kappa shape index (κ3) is 4.25. The number of nitrogens with one attached hydrogen (secondary N) is 1. The van der Waals surface area contributed by atoms with Crippen LogP contribution in [-0.4, -0.2) is 43.6 Å². The zero-order chi connectivity index (χ0) is 16.1. The van der Waals surface area contributed by atoms with Gasteiger partial charge in [-0.25, -0.2) is 0 Å². The smallest absolute Gasteiger partial charge is 0.251 e. The van der Waals surface area contributed by atoms with Crippen LogP contribution in [0.4, 0.5) is 0 Å². The lowest BCUT2D eigenvalue weighted by atomic mass is 9.95. The molecule has 1 aromatic rings. The van der Waals surface area contributed by atoms with Gasteiger partial charge in [0, 0.05) is 18.2 Å². The summed E-state index contributed by atoms with van der Waals surface area (Å²) in [5.74, 6) is 1.34. The largest absolute Gasteiger partial charge is 0.497 e. The number of ether oxygens (including phenoxy) is 1. The molecular formula is C19H28N2O2. The first-order valence-electron chi connectivity index (χ1n) is 8.92. The molecule has 0 radical (unpaired) electrons. The average molecular weight is 316 g/mol. The van der Waals surface area contributed by atoms with Gasteiger partial charge in [-0.05, 0) is 62.9 Å². The Morgan fingerprint density at radius 3 is 2.65 bits per heavy atom. The molecule has 0 aromatic heterocycles. The Hall–Kier alpha value is -1.55. The summed E-state index contributed by atoms with van der Waals surface area (Å²) < 4.78 is 5.17. The molecule has 1 saturated carbocycles. The Morgan fingerprint density at radius 1 is 1.22 bits per heavy atom. The number of hydrogen-bond donors (Lipinski definition) is 1. The van der Waals surface area contributed by atoms with E-state index in [0.29, 0.717) is 11.5 Å². The van der Waals surface area contributed by atoms with Gasteiger partial charge in [-0.15, -0.1) is 0 Å². The van der Waals surface area contributed by atoms with Crippen LogP contribution in [0.25, 0.3) is 0 Å². The number of benzene rings is 1. The standard InChI is InChI=1S/C19H28N2O2/c1-23-18-8-4-5-16(13-18)19(22)20-14-15-9-11-21(12-10-15)17-6-2-3-7-17/h4-5,8,13,15,17H,2-3,6-7,9-12,14H2,1H3,(H,20,22). The fraction of sp³-hybridized carbons (Fsp3) is 0.632. The van der Waals surface area contributed by atoms with Crippen LogP contribution >= 0.6 is 0 Å². The molecule has 0 unspecified atom stereocenters. The van der Waals surface area contributed by atoms with Crippen molar-refractivity contribution in [3.63, 3.8) is 0 Å². The molecule has 1 aliphatic heterocycles. The van der Waals surface area contributed by atoms with Crippen molar-refractivity contribution < 1.29 is 9.53 Å². The van der Waals surface area contributed by atoms with E-state index in [2.05, 4.69) is 10.2 Å². The molecule has 2 fully saturated rings. The molecule has 1 heterocycles. The van der Waals surface area contributed by atoms with Crippen LogP contribution < -0.4 is 10.1 Å². The number of hydrogen-bond acceptors (Lipinski definition) is 3. The van der Waals surface area contributed by atoms with Gasteiger partial charge in [0.15, 0.2) is 0 Å². The van der Waals surface area contributed by atoms with Crippen molar-refractivity contribution in [1.29, 1.82) is 0 Å². The Bertz CT molecular complexity index is 518. The number of likely N-dealkylation sites (tertiary alicyclic amines) is 1. The minimum absolute atomic E-state index is 0.00197. The van der Waals surface area contributed by atoms with Crippen molar-refractivity contribution in [2.45, 2.75) is 44.6 Å². The highest BCUT2D eigenvalue weighted by molar-refractivity contribution is 5.94. The lowest BCUT2D eigenvalue weighted by molar-refractivity contribution is 0.0924. The highest BCUT2D eigenvalue weighted by Gasteiger charge is 2.27. The van der Waals surface area contributed by atoms with E-state index in [1.165, 1.54) is 51.6 Å². The van der Waals surface area contributed by atoms with Gasteiger partial charge in [-0.3, -0.25) is 4.79 Å². The van der Waals surface area contributed by atoms with Crippen LogP contribution in [0.5, 0.6) is 5.75 Å². The first kappa shape index (κ1) is 16.3. The normalized spacial score (nSPS) is 20.6. The van der Waals surface area contributed by atoms with Crippen molar-refractivity contribution >= 4 is 5.91 Å². The number of carbonyl (C=O) groups excluding carboxylic acids is 1. The summed E-state index contributed by atoms with van der Waals surface area (Å²) in [6, 6.07) is 8.17. The van der Waals surface area contributed by atoms with E-state index >= 15 is 0 Å². The van der Waals surface area contributed by atoms with Crippen LogP contribution in [0.3, 0.4) is 0 Å². The molecule has 2 aliphatic rings. The van der Waals surface area contributed by atoms with Crippen LogP contribution in [0.1, 0.15) is 48.9 Å². The Balaban J connectivity index is 1.43. The molecule has 4 heteroatoms. The lowest BCUT2D eigenvalue weighted by Gasteiger charge is -2.36. The second-order valence-electron chi connectivity index (χ2n) is 6.86. The van der Waals surface area contributed by atoms with Crippen molar-refractivity contribution in [3.8, 4) is 5.75 Å². The maximum atomic E-state index is 12.3. The molecule has 1 aliphatic carbocycles. The number of amides is 1. The Morgan fingerprint density at radius 2 is 1.96 bits per heavy atom. The molecule has 126 valence electrons. The summed E-state index contributed by atoms with van der Waals surface area (Å²) in [7, 11) is 1.62. The molecule has 23 heavy (non-hydrogen) atoms. The fourth-order valence-electron chi connectivity index (χ4n) is 3.90. The molecule has 3 rings (SSSR count). The van der Waals surface area contributed by atoms with E-state index in [-0.39, 0.29) is 5.91 Å². The van der Waals surface area contributed by atoms with E-state index < -0.39 is 0 Å². The van der Waals surface area contributed by atoms with Crippen molar-refractivity contribution in [3.05, 3.63) is 29.8 Å². The lowest BCUT2D eigenvalue weighted by Crippen LogP contribution is -2.42. The first-order chi connectivity index (χ1) is 11.3. The molecule has 1 aromatic carbocycles. The molecular weight excluding hydrogens is 288 g/mol. The SMILES string of the molecule is COc1cccc(C(=O)NCC2CCN(C3CCCC3)CC2)c1. The predicted molar refractivity (Wildman–Crippen MR) is 91.9 cm³/mol. The van der Waals surface area contributed by atoms with Crippen LogP contribution in [0.15, 0.2) is 24.3 Å². The number of carbonyl (C=O) groups is 1. The first-order valence-corrected chi connectivity index (χ1v) is 8.92. The molecule has 0 spiro atoms. The van der Waals surface area contributed by atoms with Crippen LogP contribution in [0.2, 0.25) is 0 Å². The third-order valence-corrected chi connectivity index (χ3v) is 5.37. The molecule has 1 N–H and O–H groups in total. The van der Waals surface area contributed by atoms with Gasteiger partial charge in [0.05, 0.1) is 7.11 Å². The minimum atomic E-state index is 0.00197. The third-order valence-electron chi connectivity index (χ3n) is 5.37. The summed E-state index contributed by atoms with van der Waals surface area (Å²) in [5, 5.41) is 3.09. The second-order valence-corrected chi connectivity index (χ2v) is 6.86. The zero-order valence-electron chi connectivity index (χ0n) is 14.1. The maximum absolute atomic E-state index is 12.3. The predicted octanol–water partition coefficient (Wildman–Crippen LogP) is 3.08. The van der Waals surface area contributed by atoms with Gasteiger partial charge in [-0.2, -0.15) is 0 Å². The summed E-state index contributed by atoms with van der Waals surface area (Å²) in [5.41, 5.74) is 0.674. The molecule has 1 amide bonds. The second kappa shape index (κ2) is 7.82. The molecule has 0 atom stereocenters. The number of piperidine rings is 1. The van der Waals surface area contributed by atoms with Gasteiger partial charge in [0.2, 0.25) is 0 Å². The van der Waals surface area contributed by atoms with Crippen molar-refractivity contribution in [2.24, 2.45) is 5.92 Å². The summed E-state index contributed by atoms with van der Waals surface area (Å²) in [4.78, 5) is 14.9. The summed E-state index contributed by atoms with van der Waals surface area (Å²) in [6.07, 6.45) is 7.99. The van der Waals surface area contributed by atoms with E-state index in [9.17, 15) is 4.79 Å². The molecule has 1 saturated heterocycles. The van der Waals surface area contributed by atoms with Crippen molar-refractivity contribution in [1.82, 2.24) is 10.2 Å². The van der Waals surface area contributed by atoms with Crippen LogP contribution in [0, 0.1) is 5.92 Å². The van der Waals surface area contributed by atoms with E-state index in [1.54, 1.807) is 13.2 Å². The fourth-order valence-corrected chi connectivity index (χ4v) is 3.90. The number of nitrogens with zero attached hydrogens (tertiary/aromatic N) is 1. The van der Waals surface area contributed by atoms with Gasteiger partial charge < -0.3 is 15.0 Å². The number of rotatable bonds is 5. The minimum Gasteiger partial charge on any atom is -0.497 e. The highest BCUT2D eigenvalue weighted by atomic mass is 16.5. The molecule has 4 nitrogen and oxygen atoms in total. The van der Waals surface area contributed by atoms with Gasteiger partial charge in [0.25, 0.3) is 5.91 Å². The topological polar surface area (TPSA) is 41.6 Å². The van der Waals surface area contributed by atoms with Crippen molar-refractivity contribution in [2.75, 3.05) is 26.7 Å². The Kier molecular flexibility index (Phi) is 5.55. The van der Waals surface area contributed by atoms with E-state index in [0.717, 1.165) is 18.3 Å². The molecule has 0 bridgehead atoms. The Labute approximate surface area is 139 Å². The van der Waals surface area contributed by atoms with Gasteiger partial charge in [0.1, 0.15) is 5.75 Å². The summed E-state index contributed by atoms with van der Waals surface area (Å²) >= 11 is 0. The zero-order valence-corrected chi connectivity index (χ0v) is 14.1. The van der Waals surface area contributed by atoms with Gasteiger partial charge in [-0.1, -0.05) is 18.9 Å². The van der Waals surface area contributed by atoms with Gasteiger partial charge >= 0.3 is 0 Å². The van der Waals surface area contributed by atoms with Crippen LogP contribution in [-0.2, 0) is 0 Å².